The van der Waals surface area contributed by atoms with Crippen molar-refractivity contribution in [1.29, 1.82) is 0 Å². The molecular weight excluding hydrogens is 256 g/mol. The van der Waals surface area contributed by atoms with Gasteiger partial charge in [0.05, 0.1) is 25.4 Å². The summed E-state index contributed by atoms with van der Waals surface area (Å²) in [6.45, 7) is 0.412. The zero-order valence-electron chi connectivity index (χ0n) is 11.4. The van der Waals surface area contributed by atoms with Crippen molar-refractivity contribution < 1.29 is 19.7 Å². The van der Waals surface area contributed by atoms with Crippen LogP contribution in [0.25, 0.3) is 0 Å². The Morgan fingerprint density at radius 1 is 1.30 bits per heavy atom. The summed E-state index contributed by atoms with van der Waals surface area (Å²) in [6.07, 6.45) is 5.72. The molecule has 0 aromatic heterocycles. The average molecular weight is 276 g/mol. The van der Waals surface area contributed by atoms with Gasteiger partial charge in [0.15, 0.2) is 6.29 Å². The summed E-state index contributed by atoms with van der Waals surface area (Å²) in [6, 6.07) is 7.76. The first-order chi connectivity index (χ1) is 9.71. The summed E-state index contributed by atoms with van der Waals surface area (Å²) < 4.78 is 11.1. The van der Waals surface area contributed by atoms with Gasteiger partial charge in [0.2, 0.25) is 0 Å². The molecule has 20 heavy (non-hydrogen) atoms. The molecule has 2 N–H and O–H groups in total. The Bertz CT molecular complexity index is 449. The van der Waals surface area contributed by atoms with Crippen LogP contribution in [0.4, 0.5) is 0 Å². The number of hydrogen-bond acceptors (Lipinski definition) is 4. The van der Waals surface area contributed by atoms with Crippen LogP contribution >= 0.6 is 0 Å². The van der Waals surface area contributed by atoms with Crippen molar-refractivity contribution in [3.05, 3.63) is 35.4 Å². The van der Waals surface area contributed by atoms with Gasteiger partial charge in [-0.3, -0.25) is 0 Å². The number of hydrogen-bond donors (Lipinski definition) is 2. The van der Waals surface area contributed by atoms with Crippen LogP contribution < -0.4 is 0 Å². The molecule has 1 heterocycles. The van der Waals surface area contributed by atoms with Crippen molar-refractivity contribution in [1.82, 2.24) is 0 Å². The van der Waals surface area contributed by atoms with Crippen LogP contribution in [-0.4, -0.2) is 41.9 Å². The van der Waals surface area contributed by atoms with E-state index in [2.05, 4.69) is 5.92 Å². The average Bonchev–Trinajstić information content (AvgIpc) is 2.47. The van der Waals surface area contributed by atoms with Crippen LogP contribution in [0.1, 0.15) is 24.0 Å². The lowest BCUT2D eigenvalue weighted by Gasteiger charge is -2.32. The molecule has 108 valence electrons. The van der Waals surface area contributed by atoms with E-state index in [1.807, 2.05) is 24.3 Å². The fourth-order valence-electron chi connectivity index (χ4n) is 2.25. The Kier molecular flexibility index (Phi) is 5.57. The van der Waals surface area contributed by atoms with E-state index in [0.29, 0.717) is 19.4 Å². The maximum atomic E-state index is 9.67. The maximum Gasteiger partial charge on any atom is 0.160 e. The van der Waals surface area contributed by atoms with Gasteiger partial charge >= 0.3 is 0 Å². The highest BCUT2D eigenvalue weighted by molar-refractivity contribution is 5.34. The Balaban J connectivity index is 1.76. The second-order valence-corrected chi connectivity index (χ2v) is 4.96. The molecule has 1 aromatic rings. The van der Waals surface area contributed by atoms with Gasteiger partial charge in [-0.05, 0) is 24.1 Å². The first-order valence-corrected chi connectivity index (χ1v) is 6.83. The van der Waals surface area contributed by atoms with Crippen molar-refractivity contribution in [2.75, 3.05) is 13.2 Å². The highest BCUT2D eigenvalue weighted by Crippen LogP contribution is 2.20. The smallest absolute Gasteiger partial charge is 0.160 e. The zero-order valence-corrected chi connectivity index (χ0v) is 11.4. The van der Waals surface area contributed by atoms with Gasteiger partial charge in [-0.2, -0.15) is 0 Å². The minimum atomic E-state index is -0.471. The van der Waals surface area contributed by atoms with E-state index in [1.165, 1.54) is 0 Å². The van der Waals surface area contributed by atoms with E-state index in [9.17, 15) is 5.11 Å². The lowest BCUT2D eigenvalue weighted by atomic mass is 10.1. The molecule has 0 bridgehead atoms. The SMILES string of the molecule is C#Cc1ccc(CCOC2CC(O)CC(CO)O2)cc1. The monoisotopic (exact) mass is 276 g/mol. The van der Waals surface area contributed by atoms with Crippen LogP contribution in [-0.2, 0) is 15.9 Å². The number of aliphatic hydroxyl groups excluding tert-OH is 2. The third-order valence-electron chi connectivity index (χ3n) is 3.36. The number of aliphatic hydroxyl groups is 2. The van der Waals surface area contributed by atoms with Gasteiger partial charge < -0.3 is 19.7 Å². The molecule has 4 nitrogen and oxygen atoms in total. The molecule has 0 spiro atoms. The summed E-state index contributed by atoms with van der Waals surface area (Å²) in [5.41, 5.74) is 2.00. The van der Waals surface area contributed by atoms with Crippen molar-refractivity contribution in [2.45, 2.75) is 37.8 Å². The molecule has 1 aliphatic heterocycles. The normalized spacial score (nSPS) is 26.1. The van der Waals surface area contributed by atoms with E-state index >= 15 is 0 Å². The Hall–Kier alpha value is -1.38. The molecule has 0 amide bonds. The topological polar surface area (TPSA) is 58.9 Å². The van der Waals surface area contributed by atoms with Crippen LogP contribution in [0.2, 0.25) is 0 Å². The standard InChI is InChI=1S/C16H20O4/c1-2-12-3-5-13(6-4-12)7-8-19-16-10-14(18)9-15(11-17)20-16/h1,3-6,14-18H,7-11H2. The first kappa shape index (κ1) is 15.0. The third-order valence-corrected chi connectivity index (χ3v) is 3.36. The Morgan fingerprint density at radius 2 is 2.05 bits per heavy atom. The van der Waals surface area contributed by atoms with E-state index in [1.54, 1.807) is 0 Å². The van der Waals surface area contributed by atoms with Crippen LogP contribution in [0, 0.1) is 12.3 Å². The summed E-state index contributed by atoms with van der Waals surface area (Å²) in [5, 5.41) is 18.7. The molecule has 1 aromatic carbocycles. The highest BCUT2D eigenvalue weighted by atomic mass is 16.7. The molecule has 4 heteroatoms. The van der Waals surface area contributed by atoms with Crippen LogP contribution in [0.15, 0.2) is 24.3 Å². The van der Waals surface area contributed by atoms with E-state index in [4.69, 9.17) is 21.0 Å². The predicted molar refractivity (Wildman–Crippen MR) is 75.0 cm³/mol. The summed E-state index contributed by atoms with van der Waals surface area (Å²) in [4.78, 5) is 0. The molecule has 3 atom stereocenters. The van der Waals surface area contributed by atoms with Gasteiger partial charge in [0, 0.05) is 18.4 Å². The summed E-state index contributed by atoms with van der Waals surface area (Å²) in [7, 11) is 0. The largest absolute Gasteiger partial charge is 0.394 e. The predicted octanol–water partition coefficient (Wildman–Crippen LogP) is 1.09. The Morgan fingerprint density at radius 3 is 2.70 bits per heavy atom. The zero-order chi connectivity index (χ0) is 14.4. The minimum Gasteiger partial charge on any atom is -0.394 e. The summed E-state index contributed by atoms with van der Waals surface area (Å²) >= 11 is 0. The van der Waals surface area contributed by atoms with E-state index < -0.39 is 12.4 Å². The van der Waals surface area contributed by atoms with Crippen molar-refractivity contribution in [2.24, 2.45) is 0 Å². The fraction of sp³-hybridized carbons (Fsp3) is 0.500. The molecular formula is C16H20O4. The molecule has 0 radical (unpaired) electrons. The van der Waals surface area contributed by atoms with Gasteiger partial charge in [-0.25, -0.2) is 0 Å². The molecule has 0 saturated carbocycles. The lowest BCUT2D eigenvalue weighted by molar-refractivity contribution is -0.221. The Labute approximate surface area is 119 Å². The van der Waals surface area contributed by atoms with Gasteiger partial charge in [0.25, 0.3) is 0 Å². The number of terminal acetylenes is 1. The molecule has 1 fully saturated rings. The van der Waals surface area contributed by atoms with Gasteiger partial charge in [0.1, 0.15) is 0 Å². The molecule has 1 aliphatic rings. The second kappa shape index (κ2) is 7.41. The summed E-state index contributed by atoms with van der Waals surface area (Å²) in [5.74, 6) is 2.58. The number of ether oxygens (including phenoxy) is 2. The van der Waals surface area contributed by atoms with E-state index in [-0.39, 0.29) is 12.7 Å². The lowest BCUT2D eigenvalue weighted by Crippen LogP contribution is -2.39. The highest BCUT2D eigenvalue weighted by Gasteiger charge is 2.28. The fourth-order valence-corrected chi connectivity index (χ4v) is 2.25. The van der Waals surface area contributed by atoms with Gasteiger partial charge in [-0.15, -0.1) is 6.42 Å². The molecule has 0 aliphatic carbocycles. The maximum absolute atomic E-state index is 9.67. The van der Waals surface area contributed by atoms with E-state index in [0.717, 1.165) is 17.5 Å². The quantitative estimate of drug-likeness (QED) is 0.790. The molecule has 3 unspecified atom stereocenters. The first-order valence-electron chi connectivity index (χ1n) is 6.83. The third kappa shape index (κ3) is 4.32. The van der Waals surface area contributed by atoms with Gasteiger partial charge in [-0.1, -0.05) is 18.1 Å². The number of benzene rings is 1. The molecule has 2 rings (SSSR count). The van der Waals surface area contributed by atoms with Crippen LogP contribution in [0.3, 0.4) is 0 Å². The van der Waals surface area contributed by atoms with Crippen molar-refractivity contribution in [3.63, 3.8) is 0 Å². The minimum absolute atomic E-state index is 0.0928. The number of rotatable bonds is 5. The van der Waals surface area contributed by atoms with Crippen molar-refractivity contribution >= 4 is 0 Å². The van der Waals surface area contributed by atoms with Crippen molar-refractivity contribution in [3.8, 4) is 12.3 Å². The van der Waals surface area contributed by atoms with Crippen LogP contribution in [0.5, 0.6) is 0 Å². The second-order valence-electron chi connectivity index (χ2n) is 4.96. The molecule has 1 saturated heterocycles.